The maximum absolute atomic E-state index is 14.9. The Hall–Kier alpha value is -2.92. The third-order valence-electron chi connectivity index (χ3n) is 6.29. The summed E-state index contributed by atoms with van der Waals surface area (Å²) in [5, 5.41) is 0.376. The number of hydrogen-bond acceptors (Lipinski definition) is 6. The Morgan fingerprint density at radius 3 is 2.84 bits per heavy atom. The molecule has 0 spiro atoms. The number of Topliss-reactive ketones (excluding diaryl/α,β-unsaturated/α-hetero) is 1. The molecule has 0 bridgehead atoms. The van der Waals surface area contributed by atoms with E-state index < -0.39 is 17.2 Å². The molecule has 1 saturated carbocycles. The second-order valence-corrected chi connectivity index (χ2v) is 9.72. The Labute approximate surface area is 189 Å². The van der Waals surface area contributed by atoms with Crippen LogP contribution in [0, 0.1) is 29.9 Å². The number of rotatable bonds is 7. The number of hydrogen-bond donors (Lipinski definition) is 1. The Bertz CT molecular complexity index is 1150. The standard InChI is InChI=1S/C24H23F2N3O2S/c1-4-8-31-15-6-7-18(28-13-15)19(30)11-14-9-16(21(26)17(25)10-14)23(3)20-12-24(20,5-2)32-22(27)29-23/h1,6-7,9-10,13,20H,5,8,11-12H2,2-3H3,(H2,27,29)/t20-,23+,24-/m0/s1. The van der Waals surface area contributed by atoms with Crippen molar-refractivity contribution < 1.29 is 18.3 Å². The lowest BCUT2D eigenvalue weighted by atomic mass is 9.84. The number of nitrogens with zero attached hydrogens (tertiary/aromatic N) is 2. The molecule has 1 aromatic carbocycles. The summed E-state index contributed by atoms with van der Waals surface area (Å²) in [6, 6.07) is 5.69. The third kappa shape index (κ3) is 3.86. The lowest BCUT2D eigenvalue weighted by molar-refractivity contribution is 0.0988. The number of fused-ring (bicyclic) bond motifs is 1. The van der Waals surface area contributed by atoms with Crippen LogP contribution in [0.3, 0.4) is 0 Å². The Morgan fingerprint density at radius 2 is 2.19 bits per heavy atom. The second-order valence-electron chi connectivity index (χ2n) is 8.29. The molecule has 0 amide bonds. The quantitative estimate of drug-likeness (QED) is 0.499. The van der Waals surface area contributed by atoms with Crippen molar-refractivity contribution in [2.75, 3.05) is 6.61 Å². The minimum absolute atomic E-state index is 0.0503. The SMILES string of the molecule is C#CCOc1ccc(C(=O)Cc2cc(F)c(F)c([C@@]3(C)N=C(N)S[C@@]4(CC)C[C@H]43)c2)nc1. The molecule has 2 aromatic rings. The zero-order valence-corrected chi connectivity index (χ0v) is 18.6. The van der Waals surface area contributed by atoms with Crippen molar-refractivity contribution in [3.05, 3.63) is 58.9 Å². The fourth-order valence-electron chi connectivity index (χ4n) is 4.51. The van der Waals surface area contributed by atoms with Gasteiger partial charge in [0, 0.05) is 22.6 Å². The summed E-state index contributed by atoms with van der Waals surface area (Å²) >= 11 is 1.52. The van der Waals surface area contributed by atoms with Crippen molar-refractivity contribution in [2.24, 2.45) is 16.6 Å². The third-order valence-corrected chi connectivity index (χ3v) is 7.74. The van der Waals surface area contributed by atoms with Crippen molar-refractivity contribution in [2.45, 2.75) is 43.4 Å². The van der Waals surface area contributed by atoms with Crippen molar-refractivity contribution in [3.63, 3.8) is 0 Å². The van der Waals surface area contributed by atoms with Crippen LogP contribution in [0.1, 0.15) is 48.3 Å². The monoisotopic (exact) mass is 455 g/mol. The van der Waals surface area contributed by atoms with E-state index in [9.17, 15) is 13.6 Å². The normalized spacial score (nSPS) is 26.0. The highest BCUT2D eigenvalue weighted by Crippen LogP contribution is 2.67. The predicted molar refractivity (Wildman–Crippen MR) is 121 cm³/mol. The Kier molecular flexibility index (Phi) is 5.72. The van der Waals surface area contributed by atoms with Crippen LogP contribution in [0.5, 0.6) is 5.75 Å². The molecule has 1 fully saturated rings. The first-order valence-electron chi connectivity index (χ1n) is 10.3. The lowest BCUT2D eigenvalue weighted by Crippen LogP contribution is -2.36. The number of aromatic nitrogens is 1. The number of benzene rings is 1. The molecule has 5 nitrogen and oxygen atoms in total. The number of halogens is 2. The molecule has 8 heteroatoms. The van der Waals surface area contributed by atoms with E-state index in [4.69, 9.17) is 16.9 Å². The van der Waals surface area contributed by atoms with Gasteiger partial charge in [0.15, 0.2) is 22.6 Å². The van der Waals surface area contributed by atoms with E-state index in [1.54, 1.807) is 13.0 Å². The van der Waals surface area contributed by atoms with Crippen molar-refractivity contribution in [3.8, 4) is 18.1 Å². The Balaban J connectivity index is 1.62. The van der Waals surface area contributed by atoms with Crippen LogP contribution in [0.2, 0.25) is 0 Å². The summed E-state index contributed by atoms with van der Waals surface area (Å²) in [6.45, 7) is 3.95. The first-order valence-corrected chi connectivity index (χ1v) is 11.1. The number of terminal acetylenes is 1. The van der Waals surface area contributed by atoms with E-state index >= 15 is 0 Å². The average molecular weight is 456 g/mol. The molecule has 32 heavy (non-hydrogen) atoms. The second kappa shape index (κ2) is 8.21. The number of thioether (sulfide) groups is 1. The highest BCUT2D eigenvalue weighted by Gasteiger charge is 2.65. The number of carbonyl (C=O) groups is 1. The van der Waals surface area contributed by atoms with Crippen molar-refractivity contribution in [1.82, 2.24) is 4.98 Å². The molecule has 2 heterocycles. The van der Waals surface area contributed by atoms with Gasteiger partial charge in [0.1, 0.15) is 18.1 Å². The molecule has 0 radical (unpaired) electrons. The summed E-state index contributed by atoms with van der Waals surface area (Å²) in [4.78, 5) is 21.4. The zero-order valence-electron chi connectivity index (χ0n) is 17.8. The molecule has 0 saturated heterocycles. The van der Waals surface area contributed by atoms with Gasteiger partial charge in [-0.25, -0.2) is 13.8 Å². The van der Waals surface area contributed by atoms with Crippen LogP contribution in [0.4, 0.5) is 8.78 Å². The van der Waals surface area contributed by atoms with Gasteiger partial charge in [0.05, 0.1) is 11.7 Å². The predicted octanol–water partition coefficient (Wildman–Crippen LogP) is 4.24. The largest absolute Gasteiger partial charge is 0.479 e. The van der Waals surface area contributed by atoms with Crippen molar-refractivity contribution >= 4 is 22.7 Å². The highest BCUT2D eigenvalue weighted by atomic mass is 32.2. The van der Waals surface area contributed by atoms with Crippen LogP contribution in [-0.2, 0) is 12.0 Å². The Morgan fingerprint density at radius 1 is 1.41 bits per heavy atom. The number of ether oxygens (including phenoxy) is 1. The molecule has 1 aliphatic carbocycles. The fourth-order valence-corrected chi connectivity index (χ4v) is 5.92. The summed E-state index contributed by atoms with van der Waals surface area (Å²) < 4.78 is 34.7. The molecule has 1 aromatic heterocycles. The number of carbonyl (C=O) groups excluding carboxylic acids is 1. The molecule has 166 valence electrons. The van der Waals surface area contributed by atoms with Gasteiger partial charge in [-0.15, -0.1) is 6.42 Å². The summed E-state index contributed by atoms with van der Waals surface area (Å²) in [5.74, 6) is 0.556. The summed E-state index contributed by atoms with van der Waals surface area (Å²) in [7, 11) is 0. The van der Waals surface area contributed by atoms with Gasteiger partial charge in [-0.2, -0.15) is 0 Å². The van der Waals surface area contributed by atoms with E-state index in [2.05, 4.69) is 22.8 Å². The van der Waals surface area contributed by atoms with Gasteiger partial charge in [-0.05, 0) is 49.6 Å². The van der Waals surface area contributed by atoms with Gasteiger partial charge in [-0.1, -0.05) is 24.6 Å². The number of aliphatic imine (C=N–C) groups is 1. The number of nitrogens with two attached hydrogens (primary N) is 1. The van der Waals surface area contributed by atoms with Crippen LogP contribution < -0.4 is 10.5 Å². The van der Waals surface area contributed by atoms with Crippen LogP contribution in [0.15, 0.2) is 35.5 Å². The van der Waals surface area contributed by atoms with E-state index in [0.717, 1.165) is 18.9 Å². The number of ketones is 1. The first-order chi connectivity index (χ1) is 15.2. The molecular weight excluding hydrogens is 432 g/mol. The highest BCUT2D eigenvalue weighted by molar-refractivity contribution is 8.15. The summed E-state index contributed by atoms with van der Waals surface area (Å²) in [5.41, 5.74) is 5.77. The molecular formula is C24H23F2N3O2S. The molecule has 2 aliphatic rings. The average Bonchev–Trinajstić information content (AvgIpc) is 3.50. The zero-order chi connectivity index (χ0) is 23.1. The lowest BCUT2D eigenvalue weighted by Gasteiger charge is -2.34. The molecule has 2 N–H and O–H groups in total. The maximum atomic E-state index is 14.9. The minimum Gasteiger partial charge on any atom is -0.479 e. The maximum Gasteiger partial charge on any atom is 0.185 e. The molecule has 3 atom stereocenters. The van der Waals surface area contributed by atoms with Gasteiger partial charge in [0.25, 0.3) is 0 Å². The topological polar surface area (TPSA) is 77.6 Å². The van der Waals surface area contributed by atoms with E-state index in [-0.39, 0.29) is 40.7 Å². The number of pyridine rings is 1. The smallest absolute Gasteiger partial charge is 0.185 e. The minimum atomic E-state index is -1.01. The van der Waals surface area contributed by atoms with Gasteiger partial charge < -0.3 is 10.5 Å². The number of amidine groups is 1. The molecule has 0 unspecified atom stereocenters. The fraction of sp³-hybridized carbons (Fsp3) is 0.375. The van der Waals surface area contributed by atoms with Crippen molar-refractivity contribution in [1.29, 1.82) is 0 Å². The molecule has 1 aliphatic heterocycles. The van der Waals surface area contributed by atoms with Gasteiger partial charge in [0.2, 0.25) is 0 Å². The molecule has 4 rings (SSSR count). The van der Waals surface area contributed by atoms with E-state index in [0.29, 0.717) is 16.5 Å². The first kappa shape index (κ1) is 22.3. The van der Waals surface area contributed by atoms with Gasteiger partial charge in [-0.3, -0.25) is 9.79 Å². The van der Waals surface area contributed by atoms with E-state index in [1.165, 1.54) is 30.1 Å². The van der Waals surface area contributed by atoms with Crippen LogP contribution >= 0.6 is 11.8 Å². The summed E-state index contributed by atoms with van der Waals surface area (Å²) in [6.07, 6.45) is 8.11. The van der Waals surface area contributed by atoms with Crippen LogP contribution in [-0.4, -0.2) is 27.3 Å². The van der Waals surface area contributed by atoms with E-state index in [1.807, 2.05) is 0 Å². The van der Waals surface area contributed by atoms with Crippen LogP contribution in [0.25, 0.3) is 0 Å². The van der Waals surface area contributed by atoms with Gasteiger partial charge >= 0.3 is 0 Å².